The highest BCUT2D eigenvalue weighted by molar-refractivity contribution is 5.90. The highest BCUT2D eigenvalue weighted by Crippen LogP contribution is 2.08. The van der Waals surface area contributed by atoms with Crippen molar-refractivity contribution < 1.29 is 14.3 Å². The standard InChI is InChI=1S/C8H11NO3/c1-5-12-8(10)7(9-3)6(2)11-4/h5H2,1-2,4H3. The minimum atomic E-state index is -0.633. The molecule has 0 saturated carbocycles. The first-order valence-electron chi connectivity index (χ1n) is 3.46. The summed E-state index contributed by atoms with van der Waals surface area (Å²) in [5, 5.41) is 0. The van der Waals surface area contributed by atoms with E-state index in [4.69, 9.17) is 11.3 Å². The fourth-order valence-electron chi connectivity index (χ4n) is 0.564. The Morgan fingerprint density at radius 2 is 2.17 bits per heavy atom. The Hall–Kier alpha value is -1.50. The smallest absolute Gasteiger partial charge is 0.339 e. The van der Waals surface area contributed by atoms with Crippen molar-refractivity contribution in [2.75, 3.05) is 13.7 Å². The molecule has 0 rings (SSSR count). The van der Waals surface area contributed by atoms with Crippen molar-refractivity contribution in [3.05, 3.63) is 22.9 Å². The molecule has 4 heteroatoms. The third kappa shape index (κ3) is 2.62. The molecule has 0 unspecified atom stereocenters. The van der Waals surface area contributed by atoms with Crippen LogP contribution in [0.4, 0.5) is 0 Å². The van der Waals surface area contributed by atoms with Crippen molar-refractivity contribution >= 4 is 5.97 Å². The zero-order valence-electron chi connectivity index (χ0n) is 7.38. The van der Waals surface area contributed by atoms with Gasteiger partial charge in [-0.25, -0.2) is 4.85 Å². The maximum Gasteiger partial charge on any atom is 0.339 e. The average Bonchev–Trinajstić information content (AvgIpc) is 2.06. The SMILES string of the molecule is [C-]#[N+]C(C(=O)OCC)=C(C)OC. The molecule has 0 aromatic carbocycles. The van der Waals surface area contributed by atoms with Crippen LogP contribution in [0.25, 0.3) is 4.85 Å². The maximum atomic E-state index is 11.0. The molecule has 0 fully saturated rings. The third-order valence-corrected chi connectivity index (χ3v) is 1.22. The van der Waals surface area contributed by atoms with Gasteiger partial charge in [0, 0.05) is 0 Å². The Kier molecular flexibility index (Phi) is 4.54. The van der Waals surface area contributed by atoms with Gasteiger partial charge in [0.1, 0.15) is 5.76 Å². The molecular weight excluding hydrogens is 158 g/mol. The molecule has 0 atom stereocenters. The van der Waals surface area contributed by atoms with E-state index in [0.717, 1.165) is 0 Å². The van der Waals surface area contributed by atoms with E-state index in [1.807, 2.05) is 0 Å². The van der Waals surface area contributed by atoms with E-state index < -0.39 is 5.97 Å². The summed E-state index contributed by atoms with van der Waals surface area (Å²) in [4.78, 5) is 14.0. The maximum absolute atomic E-state index is 11.0. The van der Waals surface area contributed by atoms with Gasteiger partial charge >= 0.3 is 11.7 Å². The summed E-state index contributed by atoms with van der Waals surface area (Å²) in [6.07, 6.45) is 0. The van der Waals surface area contributed by atoms with Gasteiger partial charge in [-0.1, -0.05) is 0 Å². The van der Waals surface area contributed by atoms with Crippen molar-refractivity contribution in [2.24, 2.45) is 0 Å². The third-order valence-electron chi connectivity index (χ3n) is 1.22. The summed E-state index contributed by atoms with van der Waals surface area (Å²) in [7, 11) is 1.40. The van der Waals surface area contributed by atoms with E-state index in [-0.39, 0.29) is 18.1 Å². The number of hydrogen-bond donors (Lipinski definition) is 0. The van der Waals surface area contributed by atoms with Crippen LogP contribution >= 0.6 is 0 Å². The van der Waals surface area contributed by atoms with Gasteiger partial charge in [-0.2, -0.15) is 0 Å². The molecular formula is C8H11NO3. The Morgan fingerprint density at radius 1 is 1.58 bits per heavy atom. The Labute approximate surface area is 71.6 Å². The first-order valence-corrected chi connectivity index (χ1v) is 3.46. The molecule has 0 aromatic rings. The summed E-state index contributed by atoms with van der Waals surface area (Å²) >= 11 is 0. The number of methoxy groups -OCH3 is 1. The lowest BCUT2D eigenvalue weighted by molar-refractivity contribution is -0.138. The molecule has 0 spiro atoms. The van der Waals surface area contributed by atoms with Crippen molar-refractivity contribution in [1.29, 1.82) is 0 Å². The lowest BCUT2D eigenvalue weighted by Crippen LogP contribution is -2.07. The first kappa shape index (κ1) is 10.5. The molecule has 0 aliphatic heterocycles. The number of carbonyl (C=O) groups excluding carboxylic acids is 1. The second kappa shape index (κ2) is 5.19. The minimum absolute atomic E-state index is 0.0978. The van der Waals surface area contributed by atoms with Crippen LogP contribution in [0, 0.1) is 6.57 Å². The number of allylic oxidation sites excluding steroid dienone is 1. The molecule has 66 valence electrons. The summed E-state index contributed by atoms with van der Waals surface area (Å²) in [6.45, 7) is 10.2. The van der Waals surface area contributed by atoms with E-state index in [0.29, 0.717) is 0 Å². The number of ether oxygens (including phenoxy) is 2. The average molecular weight is 169 g/mol. The number of carbonyl (C=O) groups is 1. The van der Waals surface area contributed by atoms with E-state index in [1.165, 1.54) is 7.11 Å². The quantitative estimate of drug-likeness (QED) is 0.277. The van der Waals surface area contributed by atoms with Gasteiger partial charge in [0.25, 0.3) is 0 Å². The number of esters is 1. The number of hydrogen-bond acceptors (Lipinski definition) is 3. The van der Waals surface area contributed by atoms with Gasteiger partial charge < -0.3 is 9.47 Å². The second-order valence-electron chi connectivity index (χ2n) is 1.94. The first-order chi connectivity index (χ1) is 5.67. The summed E-state index contributed by atoms with van der Waals surface area (Å²) < 4.78 is 9.36. The molecule has 0 aliphatic rings. The Morgan fingerprint density at radius 3 is 2.50 bits per heavy atom. The minimum Gasteiger partial charge on any atom is -0.512 e. The topological polar surface area (TPSA) is 39.9 Å². The van der Waals surface area contributed by atoms with Crippen LogP contribution in [0.15, 0.2) is 11.5 Å². The second-order valence-corrected chi connectivity index (χ2v) is 1.94. The van der Waals surface area contributed by atoms with Gasteiger partial charge in [0.05, 0.1) is 20.3 Å². The Balaban J connectivity index is 4.59. The number of rotatable bonds is 3. The van der Waals surface area contributed by atoms with Crippen molar-refractivity contribution in [3.63, 3.8) is 0 Å². The Bertz CT molecular complexity index is 237. The van der Waals surface area contributed by atoms with Crippen molar-refractivity contribution in [2.45, 2.75) is 13.8 Å². The summed E-state index contributed by atoms with van der Waals surface area (Å²) in [5.41, 5.74) is -0.0978. The lowest BCUT2D eigenvalue weighted by atomic mass is 10.4. The summed E-state index contributed by atoms with van der Waals surface area (Å²) in [6, 6.07) is 0. The molecule has 0 amide bonds. The monoisotopic (exact) mass is 169 g/mol. The zero-order valence-corrected chi connectivity index (χ0v) is 7.38. The normalized spacial score (nSPS) is 11.2. The van der Waals surface area contributed by atoms with Gasteiger partial charge in [-0.3, -0.25) is 4.79 Å². The molecule has 0 N–H and O–H groups in total. The molecule has 12 heavy (non-hydrogen) atoms. The number of nitrogens with zero attached hydrogens (tertiary/aromatic N) is 1. The molecule has 0 heterocycles. The molecule has 0 aromatic heterocycles. The van der Waals surface area contributed by atoms with Crippen LogP contribution in [0.2, 0.25) is 0 Å². The van der Waals surface area contributed by atoms with E-state index >= 15 is 0 Å². The van der Waals surface area contributed by atoms with Crippen LogP contribution in [0.1, 0.15) is 13.8 Å². The zero-order chi connectivity index (χ0) is 9.56. The van der Waals surface area contributed by atoms with Gasteiger partial charge in [-0.05, 0) is 13.8 Å². The van der Waals surface area contributed by atoms with Crippen LogP contribution in [0.5, 0.6) is 0 Å². The van der Waals surface area contributed by atoms with Crippen molar-refractivity contribution in [1.82, 2.24) is 0 Å². The highest BCUT2D eigenvalue weighted by Gasteiger charge is 2.14. The molecule has 4 nitrogen and oxygen atoms in total. The van der Waals surface area contributed by atoms with Gasteiger partial charge in [0.2, 0.25) is 0 Å². The van der Waals surface area contributed by atoms with Crippen LogP contribution < -0.4 is 0 Å². The predicted octanol–water partition coefficient (Wildman–Crippen LogP) is 1.35. The highest BCUT2D eigenvalue weighted by atomic mass is 16.5. The fraction of sp³-hybridized carbons (Fsp3) is 0.500. The fourth-order valence-corrected chi connectivity index (χ4v) is 0.564. The largest absolute Gasteiger partial charge is 0.512 e. The van der Waals surface area contributed by atoms with Crippen LogP contribution in [0.3, 0.4) is 0 Å². The van der Waals surface area contributed by atoms with E-state index in [9.17, 15) is 4.79 Å². The van der Waals surface area contributed by atoms with Gasteiger partial charge in [0.15, 0.2) is 0 Å². The molecule has 0 saturated heterocycles. The van der Waals surface area contributed by atoms with Crippen LogP contribution in [-0.4, -0.2) is 19.7 Å². The predicted molar refractivity (Wildman–Crippen MR) is 42.9 cm³/mol. The van der Waals surface area contributed by atoms with Gasteiger partial charge in [-0.15, -0.1) is 0 Å². The van der Waals surface area contributed by atoms with E-state index in [1.54, 1.807) is 13.8 Å². The molecule has 0 radical (unpaired) electrons. The summed E-state index contributed by atoms with van der Waals surface area (Å²) in [5.74, 6) is -0.352. The van der Waals surface area contributed by atoms with Crippen molar-refractivity contribution in [3.8, 4) is 0 Å². The molecule has 0 aliphatic carbocycles. The van der Waals surface area contributed by atoms with Crippen LogP contribution in [-0.2, 0) is 14.3 Å². The molecule has 0 bridgehead atoms. The van der Waals surface area contributed by atoms with E-state index in [2.05, 4.69) is 9.58 Å². The lowest BCUT2D eigenvalue weighted by Gasteiger charge is -2.03.